The molecular weight excluding hydrogens is 470 g/mol. The third-order valence-electron chi connectivity index (χ3n) is 6.21. The van der Waals surface area contributed by atoms with Crippen LogP contribution < -0.4 is 19.1 Å². The highest BCUT2D eigenvalue weighted by atomic mass is 16.5. The Morgan fingerprint density at radius 3 is 2.19 bits per heavy atom. The van der Waals surface area contributed by atoms with Gasteiger partial charge in [-0.15, -0.1) is 0 Å². The Morgan fingerprint density at radius 2 is 1.59 bits per heavy atom. The lowest BCUT2D eigenvalue weighted by Gasteiger charge is -2.26. The number of ketones is 1. The molecule has 3 aromatic carbocycles. The van der Waals surface area contributed by atoms with Gasteiger partial charge in [-0.1, -0.05) is 19.1 Å². The van der Waals surface area contributed by atoms with E-state index in [1.54, 1.807) is 61.7 Å². The zero-order chi connectivity index (χ0) is 26.5. The van der Waals surface area contributed by atoms with Crippen molar-refractivity contribution < 1.29 is 28.9 Å². The van der Waals surface area contributed by atoms with Crippen molar-refractivity contribution in [3.8, 4) is 17.2 Å². The summed E-state index contributed by atoms with van der Waals surface area (Å²) in [5.74, 6) is 0.295. The number of benzene rings is 3. The predicted octanol–water partition coefficient (Wildman–Crippen LogP) is 5.82. The van der Waals surface area contributed by atoms with Crippen LogP contribution in [0.2, 0.25) is 0 Å². The number of rotatable bonds is 9. The van der Waals surface area contributed by atoms with E-state index in [0.29, 0.717) is 47.3 Å². The summed E-state index contributed by atoms with van der Waals surface area (Å²) in [6, 6.07) is 18.5. The number of carbonyl (C=O) groups excluding carboxylic acids is 2. The monoisotopic (exact) mass is 501 g/mol. The second kappa shape index (κ2) is 11.2. The van der Waals surface area contributed by atoms with Gasteiger partial charge in [0.25, 0.3) is 11.7 Å². The largest absolute Gasteiger partial charge is 0.507 e. The van der Waals surface area contributed by atoms with E-state index in [1.807, 2.05) is 32.9 Å². The van der Waals surface area contributed by atoms with E-state index < -0.39 is 17.7 Å². The van der Waals surface area contributed by atoms with E-state index >= 15 is 0 Å². The second-order valence-corrected chi connectivity index (χ2v) is 8.70. The molecule has 4 rings (SSSR count). The van der Waals surface area contributed by atoms with Gasteiger partial charge < -0.3 is 19.3 Å². The zero-order valence-electron chi connectivity index (χ0n) is 21.5. The number of anilines is 1. The molecule has 1 unspecified atom stereocenters. The number of methoxy groups -OCH3 is 1. The molecule has 0 saturated carbocycles. The van der Waals surface area contributed by atoms with E-state index in [4.69, 9.17) is 14.2 Å². The number of aryl methyl sites for hydroxylation is 1. The van der Waals surface area contributed by atoms with Crippen LogP contribution in [0.25, 0.3) is 5.76 Å². The fourth-order valence-corrected chi connectivity index (χ4v) is 4.39. The number of carbonyl (C=O) groups is 2. The highest BCUT2D eigenvalue weighted by Crippen LogP contribution is 2.43. The summed E-state index contributed by atoms with van der Waals surface area (Å²) in [5.41, 5.74) is 2.45. The minimum absolute atomic E-state index is 0.0200. The molecule has 1 saturated heterocycles. The molecule has 0 aliphatic carbocycles. The van der Waals surface area contributed by atoms with Crippen LogP contribution in [0, 0.1) is 6.92 Å². The van der Waals surface area contributed by atoms with E-state index in [1.165, 1.54) is 4.90 Å². The van der Waals surface area contributed by atoms with Gasteiger partial charge in [0.1, 0.15) is 23.0 Å². The maximum absolute atomic E-state index is 13.4. The minimum atomic E-state index is -0.833. The molecule has 192 valence electrons. The van der Waals surface area contributed by atoms with Gasteiger partial charge in [-0.2, -0.15) is 0 Å². The molecular formula is C30H31NO6. The van der Waals surface area contributed by atoms with Crippen molar-refractivity contribution >= 4 is 23.1 Å². The number of aliphatic hydroxyl groups is 1. The van der Waals surface area contributed by atoms with Crippen LogP contribution in [0.1, 0.15) is 43.0 Å². The first-order chi connectivity index (χ1) is 17.9. The highest BCUT2D eigenvalue weighted by Gasteiger charge is 2.47. The molecule has 1 fully saturated rings. The molecule has 1 aliphatic rings. The van der Waals surface area contributed by atoms with Gasteiger partial charge >= 0.3 is 0 Å². The first kappa shape index (κ1) is 25.8. The van der Waals surface area contributed by atoms with Gasteiger partial charge in [-0.3, -0.25) is 14.5 Å². The Balaban J connectivity index is 1.85. The van der Waals surface area contributed by atoms with E-state index in [-0.39, 0.29) is 11.3 Å². The number of ether oxygens (including phenoxy) is 3. The van der Waals surface area contributed by atoms with Crippen molar-refractivity contribution in [1.29, 1.82) is 0 Å². The maximum Gasteiger partial charge on any atom is 0.300 e. The molecule has 3 aromatic rings. The number of hydrogen-bond donors (Lipinski definition) is 1. The van der Waals surface area contributed by atoms with Crippen molar-refractivity contribution in [3.05, 3.63) is 89.0 Å². The molecule has 1 heterocycles. The summed E-state index contributed by atoms with van der Waals surface area (Å²) in [4.78, 5) is 28.2. The van der Waals surface area contributed by atoms with Gasteiger partial charge in [-0.25, -0.2) is 0 Å². The van der Waals surface area contributed by atoms with Gasteiger partial charge in [0.2, 0.25) is 0 Å². The highest BCUT2D eigenvalue weighted by molar-refractivity contribution is 6.51. The number of Topliss-reactive ketones (excluding diaryl/α,β-unsaturated/α-hetero) is 1. The Morgan fingerprint density at radius 1 is 0.919 bits per heavy atom. The SMILES string of the molecule is CCCOc1ccc(C2/C(=C(/O)c3ccc(OCC)c(C)c3)C(=O)C(=O)N2c2ccc(OC)cc2)cc1. The van der Waals surface area contributed by atoms with Crippen LogP contribution in [0.15, 0.2) is 72.3 Å². The first-order valence-corrected chi connectivity index (χ1v) is 12.3. The van der Waals surface area contributed by atoms with Gasteiger partial charge in [0.05, 0.1) is 31.9 Å². The lowest BCUT2D eigenvalue weighted by atomic mass is 9.94. The molecule has 0 aromatic heterocycles. The smallest absolute Gasteiger partial charge is 0.300 e. The van der Waals surface area contributed by atoms with Crippen molar-refractivity contribution in [2.24, 2.45) is 0 Å². The molecule has 7 heteroatoms. The van der Waals surface area contributed by atoms with Crippen LogP contribution in [-0.4, -0.2) is 37.1 Å². The number of hydrogen-bond acceptors (Lipinski definition) is 6. The van der Waals surface area contributed by atoms with Crippen LogP contribution in [-0.2, 0) is 9.59 Å². The quantitative estimate of drug-likeness (QED) is 0.226. The Hall–Kier alpha value is -4.26. The summed E-state index contributed by atoms with van der Waals surface area (Å²) in [5, 5.41) is 11.4. The average molecular weight is 502 g/mol. The normalized spacial score (nSPS) is 16.6. The lowest BCUT2D eigenvalue weighted by Crippen LogP contribution is -2.29. The van der Waals surface area contributed by atoms with E-state index in [0.717, 1.165) is 12.0 Å². The number of aliphatic hydroxyl groups excluding tert-OH is 1. The van der Waals surface area contributed by atoms with Crippen LogP contribution in [0.5, 0.6) is 17.2 Å². The molecule has 1 amide bonds. The van der Waals surface area contributed by atoms with E-state index in [2.05, 4.69) is 0 Å². The Kier molecular flexibility index (Phi) is 7.82. The Bertz CT molecular complexity index is 1310. The minimum Gasteiger partial charge on any atom is -0.507 e. The summed E-state index contributed by atoms with van der Waals surface area (Å²) in [7, 11) is 1.56. The summed E-state index contributed by atoms with van der Waals surface area (Å²) in [6.45, 7) is 6.88. The third-order valence-corrected chi connectivity index (χ3v) is 6.21. The van der Waals surface area contributed by atoms with Gasteiger partial charge in [-0.05, 0) is 86.0 Å². The van der Waals surface area contributed by atoms with Crippen LogP contribution in [0.4, 0.5) is 5.69 Å². The number of nitrogens with zero attached hydrogens (tertiary/aromatic N) is 1. The predicted molar refractivity (Wildman–Crippen MR) is 142 cm³/mol. The molecule has 7 nitrogen and oxygen atoms in total. The van der Waals surface area contributed by atoms with E-state index in [9.17, 15) is 14.7 Å². The fraction of sp³-hybridized carbons (Fsp3) is 0.267. The van der Waals surface area contributed by atoms with Gasteiger partial charge in [0, 0.05) is 11.3 Å². The molecule has 37 heavy (non-hydrogen) atoms. The molecule has 0 spiro atoms. The molecule has 1 N–H and O–H groups in total. The summed E-state index contributed by atoms with van der Waals surface area (Å²) >= 11 is 0. The summed E-state index contributed by atoms with van der Waals surface area (Å²) < 4.78 is 16.6. The molecule has 0 radical (unpaired) electrons. The fourth-order valence-electron chi connectivity index (χ4n) is 4.39. The second-order valence-electron chi connectivity index (χ2n) is 8.70. The topological polar surface area (TPSA) is 85.3 Å². The van der Waals surface area contributed by atoms with Crippen molar-refractivity contribution in [3.63, 3.8) is 0 Å². The molecule has 0 bridgehead atoms. The zero-order valence-corrected chi connectivity index (χ0v) is 21.5. The van der Waals surface area contributed by atoms with Crippen molar-refractivity contribution in [1.82, 2.24) is 0 Å². The average Bonchev–Trinajstić information content (AvgIpc) is 3.18. The molecule has 1 aliphatic heterocycles. The number of amides is 1. The van der Waals surface area contributed by atoms with Crippen LogP contribution >= 0.6 is 0 Å². The maximum atomic E-state index is 13.4. The van der Waals surface area contributed by atoms with Gasteiger partial charge in [0.15, 0.2) is 0 Å². The Labute approximate surface area is 216 Å². The molecule has 1 atom stereocenters. The first-order valence-electron chi connectivity index (χ1n) is 12.3. The summed E-state index contributed by atoms with van der Waals surface area (Å²) in [6.07, 6.45) is 0.876. The third kappa shape index (κ3) is 5.16. The lowest BCUT2D eigenvalue weighted by molar-refractivity contribution is -0.132. The van der Waals surface area contributed by atoms with Crippen molar-refractivity contribution in [2.75, 3.05) is 25.2 Å². The standard InChI is InChI=1S/C30H31NO6/c1-5-17-37-24-12-7-20(8-13-24)27-26(28(32)21-9-16-25(36-6-2)19(3)18-21)29(33)30(34)31(27)22-10-14-23(35-4)15-11-22/h7-16,18,27,32H,5-6,17H2,1-4H3/b28-26-. The van der Waals surface area contributed by atoms with Crippen molar-refractivity contribution in [2.45, 2.75) is 33.2 Å². The van der Waals surface area contributed by atoms with Crippen LogP contribution in [0.3, 0.4) is 0 Å².